The predicted octanol–water partition coefficient (Wildman–Crippen LogP) is 1.96. The Balaban J connectivity index is 1.50. The molecule has 0 N–H and O–H groups in total. The fourth-order valence-electron chi connectivity index (χ4n) is 3.80. The second-order valence-corrected chi connectivity index (χ2v) is 7.29. The third-order valence-corrected chi connectivity index (χ3v) is 5.25. The molecular formula is C19H23N3O4. The van der Waals surface area contributed by atoms with Crippen LogP contribution in [0.3, 0.4) is 0 Å². The van der Waals surface area contributed by atoms with E-state index in [1.807, 2.05) is 30.7 Å². The van der Waals surface area contributed by atoms with Gasteiger partial charge in [0.2, 0.25) is 0 Å². The fraction of sp³-hybridized carbons (Fsp3) is 0.526. The summed E-state index contributed by atoms with van der Waals surface area (Å²) >= 11 is 0. The number of hydrogen-bond donors (Lipinski definition) is 0. The maximum absolute atomic E-state index is 12.8. The van der Waals surface area contributed by atoms with Crippen molar-refractivity contribution in [2.24, 2.45) is 0 Å². The minimum Gasteiger partial charge on any atom is -0.427 e. The Morgan fingerprint density at radius 1 is 1.23 bits per heavy atom. The van der Waals surface area contributed by atoms with Crippen molar-refractivity contribution in [3.8, 4) is 0 Å². The molecule has 0 aromatic carbocycles. The van der Waals surface area contributed by atoms with E-state index in [-0.39, 0.29) is 23.4 Å². The lowest BCUT2D eigenvalue weighted by Crippen LogP contribution is -2.52. The van der Waals surface area contributed by atoms with Gasteiger partial charge in [0.15, 0.2) is 0 Å². The molecule has 138 valence electrons. The Labute approximate surface area is 151 Å². The van der Waals surface area contributed by atoms with Crippen LogP contribution in [0.1, 0.15) is 51.5 Å². The molecule has 4 rings (SSSR count). The highest BCUT2D eigenvalue weighted by atomic mass is 16.5. The summed E-state index contributed by atoms with van der Waals surface area (Å²) in [6, 6.07) is 4.00. The molecule has 4 heterocycles. The molecule has 2 aliphatic heterocycles. The van der Waals surface area contributed by atoms with Crippen LogP contribution in [-0.2, 0) is 4.74 Å². The van der Waals surface area contributed by atoms with Gasteiger partial charge in [-0.1, -0.05) is 0 Å². The maximum Gasteiger partial charge on any atom is 0.349 e. The highest BCUT2D eigenvalue weighted by molar-refractivity contribution is 5.95. The van der Waals surface area contributed by atoms with Crippen LogP contribution in [0.4, 0.5) is 0 Å². The monoisotopic (exact) mass is 357 g/mol. The van der Waals surface area contributed by atoms with Crippen LogP contribution in [0.5, 0.6) is 0 Å². The molecule has 2 fully saturated rings. The predicted molar refractivity (Wildman–Crippen MR) is 94.5 cm³/mol. The van der Waals surface area contributed by atoms with E-state index in [1.165, 1.54) is 0 Å². The van der Waals surface area contributed by atoms with Crippen LogP contribution in [-0.4, -0.2) is 46.9 Å². The number of ether oxygens (including phenoxy) is 1. The summed E-state index contributed by atoms with van der Waals surface area (Å²) in [4.78, 5) is 26.9. The van der Waals surface area contributed by atoms with Crippen LogP contribution in [0.25, 0.3) is 0 Å². The summed E-state index contributed by atoms with van der Waals surface area (Å²) in [6.07, 6.45) is 0.839. The van der Waals surface area contributed by atoms with Gasteiger partial charge in [0.05, 0.1) is 18.3 Å². The average Bonchev–Trinajstić information content (AvgIpc) is 3.15. The highest BCUT2D eigenvalue weighted by Crippen LogP contribution is 2.27. The third-order valence-electron chi connectivity index (χ3n) is 5.25. The Morgan fingerprint density at radius 2 is 2.00 bits per heavy atom. The Morgan fingerprint density at radius 3 is 2.58 bits per heavy atom. The van der Waals surface area contributed by atoms with Crippen LogP contribution in [0, 0.1) is 20.8 Å². The van der Waals surface area contributed by atoms with E-state index in [0.717, 1.165) is 17.8 Å². The number of aromatic nitrogens is 2. The van der Waals surface area contributed by atoms with E-state index >= 15 is 0 Å². The van der Waals surface area contributed by atoms with Gasteiger partial charge in [-0.15, -0.1) is 0 Å². The van der Waals surface area contributed by atoms with Crippen molar-refractivity contribution in [1.29, 1.82) is 0 Å². The van der Waals surface area contributed by atoms with Crippen LogP contribution < -0.4 is 5.63 Å². The zero-order valence-corrected chi connectivity index (χ0v) is 15.3. The smallest absolute Gasteiger partial charge is 0.349 e. The molecule has 1 unspecified atom stereocenters. The zero-order chi connectivity index (χ0) is 18.4. The molecule has 2 aromatic rings. The minimum absolute atomic E-state index is 0.102. The van der Waals surface area contributed by atoms with Gasteiger partial charge in [0.1, 0.15) is 11.3 Å². The third kappa shape index (κ3) is 2.86. The molecule has 0 bridgehead atoms. The number of nitrogens with zero attached hydrogens (tertiary/aromatic N) is 3. The highest BCUT2D eigenvalue weighted by Gasteiger charge is 2.36. The molecule has 0 spiro atoms. The lowest BCUT2D eigenvalue weighted by atomic mass is 10.0. The number of aryl methyl sites for hydroxylation is 3. The zero-order valence-electron chi connectivity index (χ0n) is 15.3. The van der Waals surface area contributed by atoms with Gasteiger partial charge in [-0.25, -0.2) is 4.79 Å². The van der Waals surface area contributed by atoms with Gasteiger partial charge < -0.3 is 14.1 Å². The first-order valence-electron chi connectivity index (χ1n) is 8.98. The van der Waals surface area contributed by atoms with E-state index in [0.29, 0.717) is 37.6 Å². The molecule has 1 amide bonds. The normalized spacial score (nSPS) is 20.4. The maximum atomic E-state index is 12.8. The van der Waals surface area contributed by atoms with Crippen molar-refractivity contribution < 1.29 is 13.9 Å². The number of carbonyl (C=O) groups excluding carboxylic acids is 1. The van der Waals surface area contributed by atoms with E-state index < -0.39 is 5.63 Å². The van der Waals surface area contributed by atoms with Crippen molar-refractivity contribution in [1.82, 2.24) is 14.7 Å². The number of rotatable bonds is 3. The molecular weight excluding hydrogens is 334 g/mol. The number of hydrogen-bond acceptors (Lipinski definition) is 5. The number of carbonyl (C=O) groups is 1. The summed E-state index contributed by atoms with van der Waals surface area (Å²) in [5.74, 6) is 0.457. The Hall–Kier alpha value is -2.41. The van der Waals surface area contributed by atoms with E-state index in [4.69, 9.17) is 9.15 Å². The summed E-state index contributed by atoms with van der Waals surface area (Å²) in [5, 5.41) is 4.48. The first kappa shape index (κ1) is 17.0. The van der Waals surface area contributed by atoms with Gasteiger partial charge in [0, 0.05) is 31.3 Å². The number of amides is 1. The molecule has 2 aliphatic rings. The van der Waals surface area contributed by atoms with E-state index in [9.17, 15) is 9.59 Å². The average molecular weight is 357 g/mol. The Kier molecular flexibility index (Phi) is 4.19. The summed E-state index contributed by atoms with van der Waals surface area (Å²) in [6.45, 7) is 8.10. The molecule has 7 heteroatoms. The molecule has 1 atom stereocenters. The standard InChI is InChI=1S/C19H23N3O4/c1-11-6-16(14-4-5-25-10-14)26-19(24)17(11)18(23)21-8-15(9-21)22-13(3)7-12(2)20-22/h6-7,14-15H,4-5,8-10H2,1-3H3. The van der Waals surface area contributed by atoms with Crippen LogP contribution in [0.15, 0.2) is 21.3 Å². The van der Waals surface area contributed by atoms with Crippen molar-refractivity contribution in [3.63, 3.8) is 0 Å². The summed E-state index contributed by atoms with van der Waals surface area (Å²) < 4.78 is 12.8. The molecule has 26 heavy (non-hydrogen) atoms. The molecule has 2 saturated heterocycles. The Bertz CT molecular complexity index is 902. The molecule has 0 aliphatic carbocycles. The van der Waals surface area contributed by atoms with Crippen molar-refractivity contribution in [2.75, 3.05) is 26.3 Å². The fourth-order valence-corrected chi connectivity index (χ4v) is 3.80. The molecule has 0 saturated carbocycles. The van der Waals surface area contributed by atoms with Crippen molar-refractivity contribution >= 4 is 5.91 Å². The van der Waals surface area contributed by atoms with Crippen LogP contribution >= 0.6 is 0 Å². The SMILES string of the molecule is Cc1cc(C)n(C2CN(C(=O)c3c(C)cc(C4CCOC4)oc3=O)C2)n1. The van der Waals surface area contributed by atoms with Gasteiger partial charge in [0.25, 0.3) is 5.91 Å². The van der Waals surface area contributed by atoms with Gasteiger partial charge in [-0.05, 0) is 44.9 Å². The second kappa shape index (κ2) is 6.39. The largest absolute Gasteiger partial charge is 0.427 e. The molecule has 2 aromatic heterocycles. The first-order chi connectivity index (χ1) is 12.4. The first-order valence-corrected chi connectivity index (χ1v) is 8.98. The minimum atomic E-state index is -0.550. The lowest BCUT2D eigenvalue weighted by molar-refractivity contribution is 0.0491. The van der Waals surface area contributed by atoms with Gasteiger partial charge in [-0.2, -0.15) is 5.10 Å². The summed E-state index contributed by atoms with van der Waals surface area (Å²) in [7, 11) is 0. The quantitative estimate of drug-likeness (QED) is 0.839. The molecule has 7 nitrogen and oxygen atoms in total. The van der Waals surface area contributed by atoms with Crippen molar-refractivity contribution in [3.05, 3.63) is 50.8 Å². The topological polar surface area (TPSA) is 77.6 Å². The second-order valence-electron chi connectivity index (χ2n) is 7.29. The number of likely N-dealkylation sites (tertiary alicyclic amines) is 1. The van der Waals surface area contributed by atoms with Crippen LogP contribution in [0.2, 0.25) is 0 Å². The lowest BCUT2D eigenvalue weighted by Gasteiger charge is -2.39. The van der Waals surface area contributed by atoms with Gasteiger partial charge >= 0.3 is 5.63 Å². The van der Waals surface area contributed by atoms with E-state index in [1.54, 1.807) is 11.8 Å². The van der Waals surface area contributed by atoms with E-state index in [2.05, 4.69) is 5.10 Å². The van der Waals surface area contributed by atoms with Gasteiger partial charge in [-0.3, -0.25) is 9.48 Å². The summed E-state index contributed by atoms with van der Waals surface area (Å²) in [5.41, 5.74) is 2.31. The molecule has 0 radical (unpaired) electrons. The van der Waals surface area contributed by atoms with Crippen molar-refractivity contribution in [2.45, 2.75) is 39.2 Å².